The van der Waals surface area contributed by atoms with Crippen molar-refractivity contribution in [3.63, 3.8) is 0 Å². The van der Waals surface area contributed by atoms with E-state index in [9.17, 15) is 9.59 Å². The lowest BCUT2D eigenvalue weighted by Crippen LogP contribution is -2.20. The summed E-state index contributed by atoms with van der Waals surface area (Å²) in [5, 5.41) is 12.0. The summed E-state index contributed by atoms with van der Waals surface area (Å²) in [5.41, 5.74) is 0.325. The second-order valence-electron chi connectivity index (χ2n) is 5.79. The van der Waals surface area contributed by atoms with E-state index < -0.39 is 11.5 Å². The molecule has 0 fully saturated rings. The molecular formula is C19H14N4O3S. The molecule has 134 valence electrons. The van der Waals surface area contributed by atoms with Crippen molar-refractivity contribution in [3.05, 3.63) is 76.9 Å². The van der Waals surface area contributed by atoms with Crippen LogP contribution in [0.5, 0.6) is 0 Å². The van der Waals surface area contributed by atoms with Gasteiger partial charge in [-0.05, 0) is 48.2 Å². The largest absolute Gasteiger partial charge is 0.422 e. The van der Waals surface area contributed by atoms with Gasteiger partial charge in [-0.15, -0.1) is 10.2 Å². The molecule has 0 unspecified atom stereocenters. The summed E-state index contributed by atoms with van der Waals surface area (Å²) >= 11 is 1.46. The van der Waals surface area contributed by atoms with Crippen LogP contribution in [0.15, 0.2) is 80.2 Å². The van der Waals surface area contributed by atoms with Crippen LogP contribution in [0.4, 0.5) is 5.69 Å². The summed E-state index contributed by atoms with van der Waals surface area (Å²) in [7, 11) is 1.87. The fourth-order valence-corrected chi connectivity index (χ4v) is 3.26. The number of nitrogens with zero attached hydrogens (tertiary/aromatic N) is 3. The number of hydrogen-bond donors (Lipinski definition) is 1. The lowest BCUT2D eigenvalue weighted by atomic mass is 10.1. The van der Waals surface area contributed by atoms with Gasteiger partial charge >= 0.3 is 5.63 Å². The van der Waals surface area contributed by atoms with Gasteiger partial charge in [-0.3, -0.25) is 4.79 Å². The summed E-state index contributed by atoms with van der Waals surface area (Å²) in [6.07, 6.45) is 1.63. The third-order valence-corrected chi connectivity index (χ3v) is 4.94. The number of rotatable bonds is 4. The molecule has 8 heteroatoms. The second kappa shape index (κ2) is 7.08. The molecule has 2 heterocycles. The molecule has 2 aromatic heterocycles. The van der Waals surface area contributed by atoms with Crippen LogP contribution < -0.4 is 10.9 Å². The Morgan fingerprint density at radius 2 is 1.93 bits per heavy atom. The normalized spacial score (nSPS) is 10.9. The molecule has 27 heavy (non-hydrogen) atoms. The number of aryl methyl sites for hydroxylation is 1. The van der Waals surface area contributed by atoms with E-state index in [1.807, 2.05) is 29.8 Å². The Morgan fingerprint density at radius 1 is 1.15 bits per heavy atom. The minimum Gasteiger partial charge on any atom is -0.422 e. The van der Waals surface area contributed by atoms with Crippen molar-refractivity contribution in [2.24, 2.45) is 7.05 Å². The van der Waals surface area contributed by atoms with Gasteiger partial charge in [0.25, 0.3) is 5.91 Å². The Balaban J connectivity index is 1.52. The van der Waals surface area contributed by atoms with E-state index in [1.54, 1.807) is 36.7 Å². The minimum absolute atomic E-state index is 0.0359. The molecule has 4 aromatic rings. The zero-order valence-corrected chi connectivity index (χ0v) is 15.1. The zero-order chi connectivity index (χ0) is 18.8. The molecule has 0 saturated heterocycles. The van der Waals surface area contributed by atoms with Crippen molar-refractivity contribution in [1.82, 2.24) is 14.8 Å². The third-order valence-electron chi connectivity index (χ3n) is 3.88. The highest BCUT2D eigenvalue weighted by Crippen LogP contribution is 2.26. The number of aromatic nitrogens is 3. The molecular weight excluding hydrogens is 364 g/mol. The van der Waals surface area contributed by atoms with E-state index in [4.69, 9.17) is 4.42 Å². The summed E-state index contributed by atoms with van der Waals surface area (Å²) < 4.78 is 7.02. The molecule has 0 saturated carbocycles. The van der Waals surface area contributed by atoms with Gasteiger partial charge in [0, 0.05) is 23.0 Å². The Bertz CT molecular complexity index is 1180. The van der Waals surface area contributed by atoms with Crippen molar-refractivity contribution in [1.29, 1.82) is 0 Å². The number of nitrogens with one attached hydrogen (secondary N) is 1. The maximum atomic E-state index is 12.5. The first-order chi connectivity index (χ1) is 13.1. The van der Waals surface area contributed by atoms with Crippen molar-refractivity contribution >= 4 is 34.3 Å². The first-order valence-electron chi connectivity index (χ1n) is 8.06. The van der Waals surface area contributed by atoms with Gasteiger partial charge in [-0.25, -0.2) is 4.79 Å². The Labute approximate surface area is 158 Å². The van der Waals surface area contributed by atoms with Crippen molar-refractivity contribution < 1.29 is 9.21 Å². The van der Waals surface area contributed by atoms with Crippen LogP contribution in [-0.4, -0.2) is 20.7 Å². The highest BCUT2D eigenvalue weighted by Gasteiger charge is 2.14. The first-order valence-corrected chi connectivity index (χ1v) is 8.88. The molecule has 0 radical (unpaired) electrons. The summed E-state index contributed by atoms with van der Waals surface area (Å²) in [6, 6.07) is 15.8. The van der Waals surface area contributed by atoms with Crippen LogP contribution in [-0.2, 0) is 7.05 Å². The monoisotopic (exact) mass is 378 g/mol. The molecule has 7 nitrogen and oxygen atoms in total. The van der Waals surface area contributed by atoms with Gasteiger partial charge in [0.1, 0.15) is 17.5 Å². The molecule has 0 atom stereocenters. The van der Waals surface area contributed by atoms with Crippen LogP contribution in [0.1, 0.15) is 10.4 Å². The number of para-hydroxylation sites is 1. The SMILES string of the molecule is Cn1cnnc1Sc1ccc(NC(=O)c2cc3ccccc3oc2=O)cc1. The number of anilines is 1. The average molecular weight is 378 g/mol. The molecule has 1 N–H and O–H groups in total. The van der Waals surface area contributed by atoms with Crippen LogP contribution >= 0.6 is 11.8 Å². The van der Waals surface area contributed by atoms with E-state index >= 15 is 0 Å². The smallest absolute Gasteiger partial charge is 0.349 e. The summed E-state index contributed by atoms with van der Waals surface area (Å²) in [6.45, 7) is 0. The van der Waals surface area contributed by atoms with E-state index in [0.717, 1.165) is 10.1 Å². The lowest BCUT2D eigenvalue weighted by Gasteiger charge is -2.06. The van der Waals surface area contributed by atoms with Gasteiger partial charge in [0.2, 0.25) is 0 Å². The van der Waals surface area contributed by atoms with Crippen molar-refractivity contribution in [2.75, 3.05) is 5.32 Å². The van der Waals surface area contributed by atoms with E-state index in [-0.39, 0.29) is 5.56 Å². The highest BCUT2D eigenvalue weighted by atomic mass is 32.2. The van der Waals surface area contributed by atoms with Crippen molar-refractivity contribution in [2.45, 2.75) is 10.1 Å². The zero-order valence-electron chi connectivity index (χ0n) is 14.2. The topological polar surface area (TPSA) is 90.0 Å². The lowest BCUT2D eigenvalue weighted by molar-refractivity contribution is 0.102. The van der Waals surface area contributed by atoms with Gasteiger partial charge in [0.05, 0.1) is 0 Å². The third kappa shape index (κ3) is 3.61. The standard InChI is InChI=1S/C19H14N4O3S/c1-23-11-20-22-19(23)27-14-8-6-13(7-9-14)21-17(24)15-10-12-4-2-3-5-16(12)26-18(15)25/h2-11H,1H3,(H,21,24). The van der Waals surface area contributed by atoms with Gasteiger partial charge < -0.3 is 14.3 Å². The van der Waals surface area contributed by atoms with Crippen LogP contribution in [0.25, 0.3) is 11.0 Å². The fourth-order valence-electron chi connectivity index (χ4n) is 2.50. The molecule has 0 bridgehead atoms. The minimum atomic E-state index is -0.666. The van der Waals surface area contributed by atoms with Gasteiger partial charge in [-0.2, -0.15) is 0 Å². The average Bonchev–Trinajstić information content (AvgIpc) is 3.07. The Kier molecular flexibility index (Phi) is 4.47. The molecule has 4 rings (SSSR count). The predicted molar refractivity (Wildman–Crippen MR) is 102 cm³/mol. The number of benzene rings is 2. The maximum absolute atomic E-state index is 12.5. The van der Waals surface area contributed by atoms with Crippen LogP contribution in [0.2, 0.25) is 0 Å². The number of carbonyl (C=O) groups excluding carboxylic acids is 1. The molecule has 1 amide bonds. The maximum Gasteiger partial charge on any atom is 0.349 e. The molecule has 0 aliphatic rings. The van der Waals surface area contributed by atoms with Crippen molar-refractivity contribution in [3.8, 4) is 0 Å². The Hall–Kier alpha value is -3.39. The number of amides is 1. The van der Waals surface area contributed by atoms with E-state index in [1.165, 1.54) is 17.8 Å². The van der Waals surface area contributed by atoms with Gasteiger partial charge in [-0.1, -0.05) is 18.2 Å². The summed E-state index contributed by atoms with van der Waals surface area (Å²) in [4.78, 5) is 25.5. The Morgan fingerprint density at radius 3 is 2.67 bits per heavy atom. The second-order valence-corrected chi connectivity index (χ2v) is 6.83. The van der Waals surface area contributed by atoms with E-state index in [2.05, 4.69) is 15.5 Å². The number of hydrogen-bond acceptors (Lipinski definition) is 6. The highest BCUT2D eigenvalue weighted by molar-refractivity contribution is 7.99. The van der Waals surface area contributed by atoms with Gasteiger partial charge in [0.15, 0.2) is 5.16 Å². The molecule has 0 aliphatic heterocycles. The van der Waals surface area contributed by atoms with E-state index in [0.29, 0.717) is 16.7 Å². The molecule has 2 aromatic carbocycles. The first kappa shape index (κ1) is 17.0. The molecule has 0 spiro atoms. The summed E-state index contributed by atoms with van der Waals surface area (Å²) in [5.74, 6) is -0.511. The number of carbonyl (C=O) groups is 1. The van der Waals surface area contributed by atoms with Crippen LogP contribution in [0.3, 0.4) is 0 Å². The molecule has 0 aliphatic carbocycles. The van der Waals surface area contributed by atoms with Crippen LogP contribution in [0, 0.1) is 0 Å². The predicted octanol–water partition coefficient (Wildman–Crippen LogP) is 3.33. The number of fused-ring (bicyclic) bond motifs is 1. The quantitative estimate of drug-likeness (QED) is 0.548. The fraction of sp³-hybridized carbons (Fsp3) is 0.0526.